The van der Waals surface area contributed by atoms with Gasteiger partial charge < -0.3 is 9.47 Å². The SMILES string of the molecule is COC(=O)C(C)C(=O)c1cnc(Cl)cc1OC. The van der Waals surface area contributed by atoms with Crippen molar-refractivity contribution >= 4 is 23.4 Å². The maximum Gasteiger partial charge on any atom is 0.316 e. The van der Waals surface area contributed by atoms with E-state index in [4.69, 9.17) is 16.3 Å². The van der Waals surface area contributed by atoms with E-state index in [-0.39, 0.29) is 16.5 Å². The first-order valence-corrected chi connectivity index (χ1v) is 5.20. The van der Waals surface area contributed by atoms with E-state index >= 15 is 0 Å². The third-order valence-corrected chi connectivity index (χ3v) is 2.47. The van der Waals surface area contributed by atoms with Crippen molar-refractivity contribution in [1.29, 1.82) is 0 Å². The summed E-state index contributed by atoms with van der Waals surface area (Å²) >= 11 is 5.68. The number of carbonyl (C=O) groups excluding carboxylic acids is 2. The van der Waals surface area contributed by atoms with Gasteiger partial charge in [-0.25, -0.2) is 4.98 Å². The van der Waals surface area contributed by atoms with Crippen LogP contribution in [0.3, 0.4) is 0 Å². The molecule has 0 aliphatic heterocycles. The van der Waals surface area contributed by atoms with E-state index in [1.807, 2.05) is 0 Å². The van der Waals surface area contributed by atoms with Crippen LogP contribution in [-0.2, 0) is 9.53 Å². The Labute approximate surface area is 104 Å². The van der Waals surface area contributed by atoms with Crippen LogP contribution < -0.4 is 4.74 Å². The maximum absolute atomic E-state index is 12.0. The topological polar surface area (TPSA) is 65.5 Å². The van der Waals surface area contributed by atoms with Crippen molar-refractivity contribution in [3.63, 3.8) is 0 Å². The second-order valence-corrected chi connectivity index (χ2v) is 3.70. The van der Waals surface area contributed by atoms with Crippen LogP contribution in [0.4, 0.5) is 0 Å². The summed E-state index contributed by atoms with van der Waals surface area (Å²) in [5.41, 5.74) is 0.204. The molecule has 0 aliphatic carbocycles. The summed E-state index contributed by atoms with van der Waals surface area (Å²) in [7, 11) is 2.63. The molecule has 0 bridgehead atoms. The molecule has 0 spiro atoms. The van der Waals surface area contributed by atoms with Crippen molar-refractivity contribution in [3.8, 4) is 5.75 Å². The Balaban J connectivity index is 3.08. The Kier molecular flexibility index (Phi) is 4.45. The van der Waals surface area contributed by atoms with Gasteiger partial charge in [0.15, 0.2) is 5.78 Å². The highest BCUT2D eigenvalue weighted by atomic mass is 35.5. The molecule has 0 aliphatic rings. The fourth-order valence-corrected chi connectivity index (χ4v) is 1.43. The molecule has 1 atom stereocenters. The first-order chi connectivity index (χ1) is 8.01. The average Bonchev–Trinajstić information content (AvgIpc) is 2.35. The summed E-state index contributed by atoms with van der Waals surface area (Å²) in [6, 6.07) is 1.42. The van der Waals surface area contributed by atoms with E-state index in [0.29, 0.717) is 0 Å². The fraction of sp³-hybridized carbons (Fsp3) is 0.364. The maximum atomic E-state index is 12.0. The van der Waals surface area contributed by atoms with Gasteiger partial charge in [0.25, 0.3) is 0 Å². The molecule has 0 aromatic carbocycles. The molecular formula is C11H12ClNO4. The number of ketones is 1. The highest BCUT2D eigenvalue weighted by Crippen LogP contribution is 2.23. The molecule has 1 aromatic heterocycles. The van der Waals surface area contributed by atoms with Crippen LogP contribution in [0.5, 0.6) is 5.75 Å². The Morgan fingerprint density at radius 3 is 2.59 bits per heavy atom. The zero-order chi connectivity index (χ0) is 13.0. The Morgan fingerprint density at radius 1 is 1.41 bits per heavy atom. The van der Waals surface area contributed by atoms with Gasteiger partial charge in [-0.15, -0.1) is 0 Å². The van der Waals surface area contributed by atoms with Crippen LogP contribution in [0.15, 0.2) is 12.3 Å². The number of methoxy groups -OCH3 is 2. The van der Waals surface area contributed by atoms with Gasteiger partial charge in [-0.3, -0.25) is 9.59 Å². The number of halogens is 1. The van der Waals surface area contributed by atoms with Gasteiger partial charge in [-0.1, -0.05) is 11.6 Å². The zero-order valence-electron chi connectivity index (χ0n) is 9.69. The normalized spacial score (nSPS) is 11.8. The van der Waals surface area contributed by atoms with E-state index < -0.39 is 17.7 Å². The van der Waals surface area contributed by atoms with E-state index in [2.05, 4.69) is 9.72 Å². The summed E-state index contributed by atoms with van der Waals surface area (Å²) in [4.78, 5) is 27.0. The smallest absolute Gasteiger partial charge is 0.316 e. The predicted octanol–water partition coefficient (Wildman–Crippen LogP) is 1.74. The van der Waals surface area contributed by atoms with Gasteiger partial charge in [0.1, 0.15) is 16.8 Å². The molecule has 0 amide bonds. The molecule has 1 heterocycles. The second kappa shape index (κ2) is 5.63. The third-order valence-electron chi connectivity index (χ3n) is 2.27. The van der Waals surface area contributed by atoms with Crippen LogP contribution in [0.25, 0.3) is 0 Å². The van der Waals surface area contributed by atoms with Crippen molar-refractivity contribution in [2.24, 2.45) is 5.92 Å². The van der Waals surface area contributed by atoms with Gasteiger partial charge in [-0.2, -0.15) is 0 Å². The predicted molar refractivity (Wildman–Crippen MR) is 61.3 cm³/mol. The number of Topliss-reactive ketones (excluding diaryl/α,β-unsaturated/α-hetero) is 1. The minimum atomic E-state index is -0.906. The van der Waals surface area contributed by atoms with Gasteiger partial charge in [-0.05, 0) is 6.92 Å². The van der Waals surface area contributed by atoms with Gasteiger partial charge in [0.05, 0.1) is 19.8 Å². The lowest BCUT2D eigenvalue weighted by Gasteiger charge is -2.11. The number of esters is 1. The quantitative estimate of drug-likeness (QED) is 0.356. The van der Waals surface area contributed by atoms with Crippen molar-refractivity contribution in [2.75, 3.05) is 14.2 Å². The van der Waals surface area contributed by atoms with Gasteiger partial charge in [0, 0.05) is 12.3 Å². The fourth-order valence-electron chi connectivity index (χ4n) is 1.28. The Bertz CT molecular complexity index is 447. The zero-order valence-corrected chi connectivity index (χ0v) is 10.4. The third kappa shape index (κ3) is 2.94. The molecular weight excluding hydrogens is 246 g/mol. The Hall–Kier alpha value is -1.62. The molecule has 0 N–H and O–H groups in total. The number of ether oxygens (including phenoxy) is 2. The number of rotatable bonds is 4. The minimum absolute atomic E-state index is 0.204. The highest BCUT2D eigenvalue weighted by molar-refractivity contribution is 6.29. The number of hydrogen-bond donors (Lipinski definition) is 0. The molecule has 1 unspecified atom stereocenters. The lowest BCUT2D eigenvalue weighted by atomic mass is 10.0. The number of nitrogens with zero attached hydrogens (tertiary/aromatic N) is 1. The molecule has 0 fully saturated rings. The first-order valence-electron chi connectivity index (χ1n) is 4.82. The summed E-state index contributed by atoms with van der Waals surface area (Å²) < 4.78 is 9.52. The van der Waals surface area contributed by atoms with Crippen molar-refractivity contribution in [2.45, 2.75) is 6.92 Å². The summed E-state index contributed by atoms with van der Waals surface area (Å²) in [5.74, 6) is -1.65. The molecule has 0 radical (unpaired) electrons. The first kappa shape index (κ1) is 13.4. The molecule has 0 saturated heterocycles. The lowest BCUT2D eigenvalue weighted by molar-refractivity contribution is -0.143. The average molecular weight is 258 g/mol. The molecule has 5 nitrogen and oxygen atoms in total. The van der Waals surface area contributed by atoms with Crippen molar-refractivity contribution in [1.82, 2.24) is 4.98 Å². The van der Waals surface area contributed by atoms with Crippen LogP contribution in [0.1, 0.15) is 17.3 Å². The Morgan fingerprint density at radius 2 is 2.06 bits per heavy atom. The largest absolute Gasteiger partial charge is 0.496 e. The van der Waals surface area contributed by atoms with Crippen LogP contribution in [-0.4, -0.2) is 31.0 Å². The van der Waals surface area contributed by atoms with E-state index in [0.717, 1.165) is 0 Å². The molecule has 6 heteroatoms. The molecule has 0 saturated carbocycles. The number of aromatic nitrogens is 1. The second-order valence-electron chi connectivity index (χ2n) is 3.32. The van der Waals surface area contributed by atoms with E-state index in [9.17, 15) is 9.59 Å². The summed E-state index contributed by atoms with van der Waals surface area (Å²) in [6.45, 7) is 1.46. The lowest BCUT2D eigenvalue weighted by Crippen LogP contribution is -2.23. The van der Waals surface area contributed by atoms with Crippen molar-refractivity contribution in [3.05, 3.63) is 23.0 Å². The monoisotopic (exact) mass is 257 g/mol. The van der Waals surface area contributed by atoms with E-state index in [1.54, 1.807) is 0 Å². The van der Waals surface area contributed by atoms with E-state index in [1.165, 1.54) is 33.4 Å². The minimum Gasteiger partial charge on any atom is -0.496 e. The summed E-state index contributed by atoms with van der Waals surface area (Å²) in [6.07, 6.45) is 1.28. The van der Waals surface area contributed by atoms with Crippen LogP contribution >= 0.6 is 11.6 Å². The highest BCUT2D eigenvalue weighted by Gasteiger charge is 2.26. The van der Waals surface area contributed by atoms with Crippen LogP contribution in [0, 0.1) is 5.92 Å². The summed E-state index contributed by atoms with van der Waals surface area (Å²) in [5, 5.41) is 0.212. The van der Waals surface area contributed by atoms with Gasteiger partial charge in [0.2, 0.25) is 0 Å². The molecule has 1 aromatic rings. The van der Waals surface area contributed by atoms with Gasteiger partial charge >= 0.3 is 5.97 Å². The number of hydrogen-bond acceptors (Lipinski definition) is 5. The molecule has 17 heavy (non-hydrogen) atoms. The number of carbonyl (C=O) groups is 2. The van der Waals surface area contributed by atoms with Crippen LogP contribution in [0.2, 0.25) is 5.15 Å². The molecule has 92 valence electrons. The standard InChI is InChI=1S/C11H12ClNO4/c1-6(11(15)17-3)10(14)7-5-13-9(12)4-8(7)16-2/h4-6H,1-3H3. The molecule has 1 rings (SSSR count). The number of pyridine rings is 1. The van der Waals surface area contributed by atoms with Crippen molar-refractivity contribution < 1.29 is 19.1 Å².